The molecule has 18 heavy (non-hydrogen) atoms. The average Bonchev–Trinajstić information content (AvgIpc) is 2.33. The second-order valence-corrected chi connectivity index (χ2v) is 4.61. The lowest BCUT2D eigenvalue weighted by molar-refractivity contribution is -0.114. The summed E-state index contributed by atoms with van der Waals surface area (Å²) in [5.41, 5.74) is 2.04. The molecule has 0 aliphatic heterocycles. The third kappa shape index (κ3) is 9.88. The van der Waals surface area contributed by atoms with Crippen LogP contribution in [0.25, 0.3) is 0 Å². The first-order valence-electron chi connectivity index (χ1n) is 6.94. The highest BCUT2D eigenvalue weighted by Crippen LogP contribution is 2.07. The van der Waals surface area contributed by atoms with Gasteiger partial charge in [0, 0.05) is 12.6 Å². The molecule has 1 rings (SSSR count). The molecule has 102 valence electrons. The fraction of sp³-hybridized carbons (Fsp3) is 0.562. The summed E-state index contributed by atoms with van der Waals surface area (Å²) in [6.07, 6.45) is 7.01. The van der Waals surface area contributed by atoms with E-state index in [0.717, 1.165) is 5.69 Å². The SMILES string of the molecule is CC(=O)Nc1ccc(C)cc1.CCCCCCC. The van der Waals surface area contributed by atoms with Gasteiger partial charge in [-0.15, -0.1) is 0 Å². The molecule has 0 saturated heterocycles. The molecule has 0 fully saturated rings. The lowest BCUT2D eigenvalue weighted by Gasteiger charge is -2.00. The maximum Gasteiger partial charge on any atom is 0.221 e. The van der Waals surface area contributed by atoms with Gasteiger partial charge in [0.05, 0.1) is 0 Å². The highest BCUT2D eigenvalue weighted by molar-refractivity contribution is 5.88. The second-order valence-electron chi connectivity index (χ2n) is 4.61. The monoisotopic (exact) mass is 249 g/mol. The molecule has 2 heteroatoms. The largest absolute Gasteiger partial charge is 0.326 e. The number of carbonyl (C=O) groups excluding carboxylic acids is 1. The number of benzene rings is 1. The minimum absolute atomic E-state index is 0.0335. The standard InChI is InChI=1S/C9H11NO.C7H16/c1-7-3-5-9(6-4-7)10-8(2)11;1-3-5-7-6-4-2/h3-6H,1-2H3,(H,10,11);3-7H2,1-2H3. The van der Waals surface area contributed by atoms with Crippen LogP contribution in [0.1, 0.15) is 58.4 Å². The van der Waals surface area contributed by atoms with Crippen LogP contribution in [-0.2, 0) is 4.79 Å². The predicted molar refractivity (Wildman–Crippen MR) is 79.9 cm³/mol. The molecule has 1 amide bonds. The van der Waals surface area contributed by atoms with Gasteiger partial charge in [0.1, 0.15) is 0 Å². The molecule has 0 radical (unpaired) electrons. The number of anilines is 1. The van der Waals surface area contributed by atoms with E-state index in [9.17, 15) is 4.79 Å². The fourth-order valence-electron chi connectivity index (χ4n) is 1.52. The highest BCUT2D eigenvalue weighted by atomic mass is 16.1. The van der Waals surface area contributed by atoms with Gasteiger partial charge in [-0.3, -0.25) is 4.79 Å². The first-order valence-corrected chi connectivity index (χ1v) is 6.94. The van der Waals surface area contributed by atoms with Crippen molar-refractivity contribution >= 4 is 11.6 Å². The Kier molecular flexibility index (Phi) is 10.0. The predicted octanol–water partition coefficient (Wildman–Crippen LogP) is 4.93. The molecule has 1 N–H and O–H groups in total. The van der Waals surface area contributed by atoms with Crippen molar-refractivity contribution in [2.45, 2.75) is 59.8 Å². The Balaban J connectivity index is 0.000000360. The van der Waals surface area contributed by atoms with Crippen LogP contribution in [0.2, 0.25) is 0 Å². The summed E-state index contributed by atoms with van der Waals surface area (Å²) < 4.78 is 0. The Morgan fingerprint density at radius 2 is 1.50 bits per heavy atom. The Bertz CT molecular complexity index is 312. The Morgan fingerprint density at radius 3 is 1.89 bits per heavy atom. The van der Waals surface area contributed by atoms with E-state index in [1.54, 1.807) is 0 Å². The van der Waals surface area contributed by atoms with Crippen molar-refractivity contribution in [3.05, 3.63) is 29.8 Å². The van der Waals surface area contributed by atoms with Crippen molar-refractivity contribution in [3.8, 4) is 0 Å². The van der Waals surface area contributed by atoms with Crippen molar-refractivity contribution in [2.75, 3.05) is 5.32 Å². The van der Waals surface area contributed by atoms with Crippen LogP contribution in [0.5, 0.6) is 0 Å². The van der Waals surface area contributed by atoms with Gasteiger partial charge in [-0.1, -0.05) is 63.6 Å². The molecule has 1 aromatic rings. The van der Waals surface area contributed by atoms with Gasteiger partial charge in [0.25, 0.3) is 0 Å². The third-order valence-electron chi connectivity index (χ3n) is 2.58. The van der Waals surface area contributed by atoms with Crippen LogP contribution in [0.15, 0.2) is 24.3 Å². The van der Waals surface area contributed by atoms with E-state index in [1.807, 2.05) is 31.2 Å². The summed E-state index contributed by atoms with van der Waals surface area (Å²) in [5, 5.41) is 2.69. The van der Waals surface area contributed by atoms with E-state index in [0.29, 0.717) is 0 Å². The number of hydrogen-bond donors (Lipinski definition) is 1. The third-order valence-corrected chi connectivity index (χ3v) is 2.58. The second kappa shape index (κ2) is 10.8. The smallest absolute Gasteiger partial charge is 0.221 e. The topological polar surface area (TPSA) is 29.1 Å². The normalized spacial score (nSPS) is 9.33. The van der Waals surface area contributed by atoms with Crippen LogP contribution in [0.3, 0.4) is 0 Å². The summed E-state index contributed by atoms with van der Waals surface area (Å²) in [6.45, 7) is 8.00. The van der Waals surface area contributed by atoms with Crippen molar-refractivity contribution in [3.63, 3.8) is 0 Å². The molecule has 0 unspecified atom stereocenters. The molecule has 0 aliphatic carbocycles. The number of hydrogen-bond acceptors (Lipinski definition) is 1. The number of unbranched alkanes of at least 4 members (excludes halogenated alkanes) is 4. The van der Waals surface area contributed by atoms with E-state index in [1.165, 1.54) is 44.6 Å². The minimum Gasteiger partial charge on any atom is -0.326 e. The van der Waals surface area contributed by atoms with Gasteiger partial charge in [0.2, 0.25) is 5.91 Å². The molecule has 0 bridgehead atoms. The summed E-state index contributed by atoms with van der Waals surface area (Å²) in [4.78, 5) is 10.6. The summed E-state index contributed by atoms with van der Waals surface area (Å²) in [5.74, 6) is -0.0335. The van der Waals surface area contributed by atoms with Crippen LogP contribution >= 0.6 is 0 Å². The van der Waals surface area contributed by atoms with Crippen molar-refractivity contribution in [1.29, 1.82) is 0 Å². The minimum atomic E-state index is -0.0335. The van der Waals surface area contributed by atoms with Crippen molar-refractivity contribution in [2.24, 2.45) is 0 Å². The molecule has 1 aromatic carbocycles. The molecular formula is C16H27NO. The quantitative estimate of drug-likeness (QED) is 0.736. The van der Waals surface area contributed by atoms with E-state index in [4.69, 9.17) is 0 Å². The van der Waals surface area contributed by atoms with E-state index in [-0.39, 0.29) is 5.91 Å². The van der Waals surface area contributed by atoms with Gasteiger partial charge >= 0.3 is 0 Å². The number of rotatable bonds is 5. The van der Waals surface area contributed by atoms with Crippen LogP contribution in [0, 0.1) is 6.92 Å². The molecule has 0 atom stereocenters. The summed E-state index contributed by atoms with van der Waals surface area (Å²) >= 11 is 0. The van der Waals surface area contributed by atoms with Gasteiger partial charge in [0.15, 0.2) is 0 Å². The Morgan fingerprint density at radius 1 is 1.00 bits per heavy atom. The van der Waals surface area contributed by atoms with Crippen LogP contribution in [-0.4, -0.2) is 5.91 Å². The van der Waals surface area contributed by atoms with Gasteiger partial charge < -0.3 is 5.32 Å². The zero-order valence-electron chi connectivity index (χ0n) is 12.3. The number of carbonyl (C=O) groups is 1. The van der Waals surface area contributed by atoms with Gasteiger partial charge in [-0.25, -0.2) is 0 Å². The molecule has 0 saturated carbocycles. The highest BCUT2D eigenvalue weighted by Gasteiger charge is 1.92. The molecule has 0 heterocycles. The number of amides is 1. The number of aryl methyl sites for hydroxylation is 1. The molecule has 0 spiro atoms. The molecular weight excluding hydrogens is 222 g/mol. The van der Waals surface area contributed by atoms with Crippen molar-refractivity contribution in [1.82, 2.24) is 0 Å². The average molecular weight is 249 g/mol. The summed E-state index contributed by atoms with van der Waals surface area (Å²) in [6, 6.07) is 7.70. The maximum absolute atomic E-state index is 10.6. The van der Waals surface area contributed by atoms with E-state index >= 15 is 0 Å². The number of nitrogens with one attached hydrogen (secondary N) is 1. The summed E-state index contributed by atoms with van der Waals surface area (Å²) in [7, 11) is 0. The van der Waals surface area contributed by atoms with Crippen LogP contribution in [0.4, 0.5) is 5.69 Å². The first-order chi connectivity index (χ1) is 8.60. The van der Waals surface area contributed by atoms with E-state index < -0.39 is 0 Å². The van der Waals surface area contributed by atoms with E-state index in [2.05, 4.69) is 19.2 Å². The maximum atomic E-state index is 10.6. The molecule has 0 aromatic heterocycles. The van der Waals surface area contributed by atoms with Crippen molar-refractivity contribution < 1.29 is 4.79 Å². The lowest BCUT2D eigenvalue weighted by Crippen LogP contribution is -2.05. The lowest BCUT2D eigenvalue weighted by atomic mass is 10.2. The van der Waals surface area contributed by atoms with Crippen LogP contribution < -0.4 is 5.32 Å². The zero-order valence-corrected chi connectivity index (χ0v) is 12.3. The Labute approximate surface area is 112 Å². The molecule has 2 nitrogen and oxygen atoms in total. The first kappa shape index (κ1) is 16.7. The molecule has 0 aliphatic rings. The van der Waals surface area contributed by atoms with Gasteiger partial charge in [-0.05, 0) is 19.1 Å². The van der Waals surface area contributed by atoms with Gasteiger partial charge in [-0.2, -0.15) is 0 Å². The Hall–Kier alpha value is -1.31. The zero-order chi connectivity index (χ0) is 13.8. The fourth-order valence-corrected chi connectivity index (χ4v) is 1.52.